The molecule has 1 amide bonds. The molecule has 0 aromatic heterocycles. The fourth-order valence-electron chi connectivity index (χ4n) is 2.32. The lowest BCUT2D eigenvalue weighted by molar-refractivity contribution is -0.120. The van der Waals surface area contributed by atoms with Gasteiger partial charge in [0.1, 0.15) is 11.5 Å². The first-order chi connectivity index (χ1) is 13.6. The molecule has 0 saturated carbocycles. The zero-order valence-corrected chi connectivity index (χ0v) is 16.4. The number of hydrogen-bond acceptors (Lipinski definition) is 7. The smallest absolute Gasteiger partial charge is 0.265 e. The van der Waals surface area contributed by atoms with E-state index in [-0.39, 0.29) is 12.5 Å². The number of hydrogen-bond donors (Lipinski definition) is 1. The van der Waals surface area contributed by atoms with Gasteiger partial charge in [0.2, 0.25) is 0 Å². The number of carbonyl (C=O) groups is 1. The third kappa shape index (κ3) is 5.80. The van der Waals surface area contributed by atoms with Crippen molar-refractivity contribution >= 4 is 17.8 Å². The van der Waals surface area contributed by atoms with E-state index in [9.17, 15) is 4.79 Å². The number of rotatable bonds is 10. The summed E-state index contributed by atoms with van der Waals surface area (Å²) in [6, 6.07) is 10.4. The second-order valence-electron chi connectivity index (χ2n) is 5.47. The summed E-state index contributed by atoms with van der Waals surface area (Å²) in [4.78, 5) is 17.1. The van der Waals surface area contributed by atoms with Gasteiger partial charge in [-0.2, -0.15) is 0 Å². The molecule has 0 aliphatic heterocycles. The van der Waals surface area contributed by atoms with Crippen LogP contribution in [0.2, 0.25) is 0 Å². The second-order valence-corrected chi connectivity index (χ2v) is 5.47. The van der Waals surface area contributed by atoms with Gasteiger partial charge in [0.05, 0.1) is 39.8 Å². The highest BCUT2D eigenvalue weighted by molar-refractivity contribution is 5.93. The van der Waals surface area contributed by atoms with Crippen LogP contribution in [0.4, 0.5) is 5.69 Å². The van der Waals surface area contributed by atoms with Gasteiger partial charge in [-0.15, -0.1) is 0 Å². The SMILES string of the molecule is CCOc1ccc(/C=N/OCC(=O)Nc2ccc(OC)cc2OC)cc1OC. The molecule has 8 heteroatoms. The van der Waals surface area contributed by atoms with Crippen LogP contribution in [0.1, 0.15) is 12.5 Å². The number of oxime groups is 1. The number of methoxy groups -OCH3 is 3. The van der Waals surface area contributed by atoms with Crippen LogP contribution in [0, 0.1) is 0 Å². The minimum Gasteiger partial charge on any atom is -0.497 e. The summed E-state index contributed by atoms with van der Waals surface area (Å²) in [5.41, 5.74) is 1.26. The van der Waals surface area contributed by atoms with E-state index in [1.54, 1.807) is 44.6 Å². The maximum Gasteiger partial charge on any atom is 0.265 e. The fraction of sp³-hybridized carbons (Fsp3) is 0.300. The van der Waals surface area contributed by atoms with E-state index in [1.807, 2.05) is 13.0 Å². The summed E-state index contributed by atoms with van der Waals surface area (Å²) in [6.45, 7) is 2.19. The van der Waals surface area contributed by atoms with Gasteiger partial charge in [0, 0.05) is 11.6 Å². The van der Waals surface area contributed by atoms with Crippen molar-refractivity contribution in [1.82, 2.24) is 0 Å². The standard InChI is InChI=1S/C20H24N2O6/c1-5-27-17-9-6-14(10-19(17)26-4)12-21-28-13-20(23)22-16-8-7-15(24-2)11-18(16)25-3/h6-12H,5,13H2,1-4H3,(H,22,23)/b21-12+. The normalized spacial score (nSPS) is 10.4. The molecule has 0 spiro atoms. The Balaban J connectivity index is 1.90. The molecule has 0 heterocycles. The van der Waals surface area contributed by atoms with Crippen molar-refractivity contribution in [3.05, 3.63) is 42.0 Å². The van der Waals surface area contributed by atoms with Crippen molar-refractivity contribution in [2.75, 3.05) is 39.9 Å². The van der Waals surface area contributed by atoms with Gasteiger partial charge < -0.3 is 29.1 Å². The van der Waals surface area contributed by atoms with Gasteiger partial charge in [0.15, 0.2) is 18.1 Å². The summed E-state index contributed by atoms with van der Waals surface area (Å²) < 4.78 is 21.1. The molecule has 0 bridgehead atoms. The molecule has 0 radical (unpaired) electrons. The van der Waals surface area contributed by atoms with Crippen LogP contribution in [0.5, 0.6) is 23.0 Å². The predicted octanol–water partition coefficient (Wildman–Crippen LogP) is 3.10. The van der Waals surface area contributed by atoms with E-state index in [2.05, 4.69) is 10.5 Å². The number of benzene rings is 2. The number of nitrogens with zero attached hydrogens (tertiary/aromatic N) is 1. The monoisotopic (exact) mass is 388 g/mol. The van der Waals surface area contributed by atoms with Crippen LogP contribution in [0.25, 0.3) is 0 Å². The van der Waals surface area contributed by atoms with Crippen LogP contribution >= 0.6 is 0 Å². The van der Waals surface area contributed by atoms with E-state index in [4.69, 9.17) is 23.8 Å². The highest BCUT2D eigenvalue weighted by Gasteiger charge is 2.09. The zero-order chi connectivity index (χ0) is 20.4. The topological polar surface area (TPSA) is 87.6 Å². The minimum atomic E-state index is -0.370. The Morgan fingerprint density at radius 2 is 1.79 bits per heavy atom. The van der Waals surface area contributed by atoms with Crippen LogP contribution in [-0.2, 0) is 9.63 Å². The van der Waals surface area contributed by atoms with Crippen LogP contribution in [-0.4, -0.2) is 46.7 Å². The molecule has 0 fully saturated rings. The molecule has 8 nitrogen and oxygen atoms in total. The van der Waals surface area contributed by atoms with Gasteiger partial charge in [0.25, 0.3) is 5.91 Å². The lowest BCUT2D eigenvalue weighted by Crippen LogP contribution is -2.17. The molecule has 2 aromatic carbocycles. The maximum absolute atomic E-state index is 12.0. The first-order valence-corrected chi connectivity index (χ1v) is 8.59. The lowest BCUT2D eigenvalue weighted by atomic mass is 10.2. The summed E-state index contributed by atoms with van der Waals surface area (Å²) in [5.74, 6) is 1.98. The Hall–Kier alpha value is -3.42. The Kier molecular flexibility index (Phi) is 7.95. The average molecular weight is 388 g/mol. The number of carbonyl (C=O) groups excluding carboxylic acids is 1. The average Bonchev–Trinajstić information content (AvgIpc) is 2.72. The Labute approximate surface area is 164 Å². The van der Waals surface area contributed by atoms with Crippen molar-refractivity contribution in [2.24, 2.45) is 5.16 Å². The number of anilines is 1. The van der Waals surface area contributed by atoms with Crippen molar-refractivity contribution in [2.45, 2.75) is 6.92 Å². The zero-order valence-electron chi connectivity index (χ0n) is 16.4. The first-order valence-electron chi connectivity index (χ1n) is 8.59. The number of nitrogens with one attached hydrogen (secondary N) is 1. The van der Waals surface area contributed by atoms with E-state index in [1.165, 1.54) is 13.3 Å². The van der Waals surface area contributed by atoms with Gasteiger partial charge in [-0.1, -0.05) is 5.16 Å². The molecule has 0 saturated heterocycles. The molecular formula is C20H24N2O6. The van der Waals surface area contributed by atoms with Crippen LogP contribution < -0.4 is 24.3 Å². The molecule has 0 unspecified atom stereocenters. The van der Waals surface area contributed by atoms with Gasteiger partial charge in [-0.3, -0.25) is 4.79 Å². The fourth-order valence-corrected chi connectivity index (χ4v) is 2.32. The highest BCUT2D eigenvalue weighted by Crippen LogP contribution is 2.29. The lowest BCUT2D eigenvalue weighted by Gasteiger charge is -2.11. The van der Waals surface area contributed by atoms with E-state index in [0.29, 0.717) is 35.3 Å². The third-order valence-electron chi connectivity index (χ3n) is 3.64. The summed E-state index contributed by atoms with van der Waals surface area (Å²) in [6.07, 6.45) is 1.49. The van der Waals surface area contributed by atoms with Crippen molar-refractivity contribution in [1.29, 1.82) is 0 Å². The largest absolute Gasteiger partial charge is 0.497 e. The van der Waals surface area contributed by atoms with Gasteiger partial charge in [-0.05, 0) is 37.3 Å². The molecule has 0 atom stereocenters. The molecule has 150 valence electrons. The Morgan fingerprint density at radius 3 is 2.46 bits per heavy atom. The van der Waals surface area contributed by atoms with Gasteiger partial charge >= 0.3 is 0 Å². The molecule has 2 aromatic rings. The van der Waals surface area contributed by atoms with Crippen molar-refractivity contribution < 1.29 is 28.6 Å². The van der Waals surface area contributed by atoms with Crippen molar-refractivity contribution in [3.63, 3.8) is 0 Å². The minimum absolute atomic E-state index is 0.250. The summed E-state index contributed by atoms with van der Waals surface area (Å²) in [7, 11) is 4.63. The Morgan fingerprint density at radius 1 is 1.00 bits per heavy atom. The molecule has 0 aliphatic rings. The van der Waals surface area contributed by atoms with E-state index in [0.717, 1.165) is 5.56 Å². The quantitative estimate of drug-likeness (QED) is 0.497. The van der Waals surface area contributed by atoms with Gasteiger partial charge in [-0.25, -0.2) is 0 Å². The molecule has 28 heavy (non-hydrogen) atoms. The van der Waals surface area contributed by atoms with E-state index < -0.39 is 0 Å². The second kappa shape index (κ2) is 10.7. The summed E-state index contributed by atoms with van der Waals surface area (Å²) in [5, 5.41) is 6.51. The number of ether oxygens (including phenoxy) is 4. The highest BCUT2D eigenvalue weighted by atomic mass is 16.6. The first kappa shape index (κ1) is 20.9. The number of amides is 1. The van der Waals surface area contributed by atoms with Crippen LogP contribution in [0.15, 0.2) is 41.6 Å². The predicted molar refractivity (Wildman–Crippen MR) is 106 cm³/mol. The Bertz CT molecular complexity index is 822. The summed E-state index contributed by atoms with van der Waals surface area (Å²) >= 11 is 0. The van der Waals surface area contributed by atoms with Crippen LogP contribution in [0.3, 0.4) is 0 Å². The molecular weight excluding hydrogens is 364 g/mol. The third-order valence-corrected chi connectivity index (χ3v) is 3.64. The van der Waals surface area contributed by atoms with Crippen molar-refractivity contribution in [3.8, 4) is 23.0 Å². The maximum atomic E-state index is 12.0. The molecule has 1 N–H and O–H groups in total. The van der Waals surface area contributed by atoms with E-state index >= 15 is 0 Å². The molecule has 0 aliphatic carbocycles. The molecule has 2 rings (SSSR count).